The summed E-state index contributed by atoms with van der Waals surface area (Å²) in [7, 11) is 1.74. The molecule has 0 heterocycles. The lowest BCUT2D eigenvalue weighted by Crippen LogP contribution is -2.33. The summed E-state index contributed by atoms with van der Waals surface area (Å²) in [6.07, 6.45) is 0. The highest BCUT2D eigenvalue weighted by molar-refractivity contribution is 8.01. The lowest BCUT2D eigenvalue weighted by atomic mass is 10.2. The van der Waals surface area contributed by atoms with Crippen molar-refractivity contribution < 1.29 is 18.7 Å². The van der Waals surface area contributed by atoms with Crippen LogP contribution in [0.25, 0.3) is 0 Å². The second-order valence-corrected chi connectivity index (χ2v) is 7.61. The van der Waals surface area contributed by atoms with Gasteiger partial charge in [0.2, 0.25) is 11.8 Å². The molecule has 2 amide bonds. The minimum absolute atomic E-state index is 0.0477. The maximum Gasteiger partial charge on any atom is 0.235 e. The van der Waals surface area contributed by atoms with Crippen molar-refractivity contribution in [1.82, 2.24) is 4.90 Å². The minimum Gasteiger partial charge on any atom is -0.494 e. The lowest BCUT2D eigenvalue weighted by molar-refractivity contribution is -0.129. The number of halogens is 1. The first-order chi connectivity index (χ1) is 13.4. The van der Waals surface area contributed by atoms with Gasteiger partial charge < -0.3 is 15.0 Å². The van der Waals surface area contributed by atoms with E-state index < -0.39 is 0 Å². The molecule has 0 saturated heterocycles. The molecule has 0 aromatic heterocycles. The van der Waals surface area contributed by atoms with E-state index in [4.69, 9.17) is 4.74 Å². The highest BCUT2D eigenvalue weighted by atomic mass is 32.2. The summed E-state index contributed by atoms with van der Waals surface area (Å²) in [5.41, 5.74) is 1.53. The number of nitrogens with zero attached hydrogens (tertiary/aromatic N) is 1. The Hall–Kier alpha value is -2.54. The molecule has 2 rings (SSSR count). The van der Waals surface area contributed by atoms with Crippen molar-refractivity contribution in [2.24, 2.45) is 0 Å². The molecule has 0 aliphatic rings. The molecule has 0 bridgehead atoms. The van der Waals surface area contributed by atoms with E-state index in [1.54, 1.807) is 18.9 Å². The second-order valence-electron chi connectivity index (χ2n) is 6.28. The Bertz CT molecular complexity index is 781. The molecule has 0 aliphatic heterocycles. The van der Waals surface area contributed by atoms with E-state index in [9.17, 15) is 14.0 Å². The van der Waals surface area contributed by atoms with E-state index in [-0.39, 0.29) is 28.6 Å². The van der Waals surface area contributed by atoms with E-state index in [0.717, 1.165) is 11.3 Å². The zero-order valence-electron chi connectivity index (χ0n) is 16.3. The number of hydrogen-bond donors (Lipinski definition) is 1. The summed E-state index contributed by atoms with van der Waals surface area (Å²) in [6.45, 7) is 4.81. The lowest BCUT2D eigenvalue weighted by Gasteiger charge is -2.21. The van der Waals surface area contributed by atoms with E-state index >= 15 is 0 Å². The quantitative estimate of drug-likeness (QED) is 0.688. The van der Waals surface area contributed by atoms with E-state index in [2.05, 4.69) is 5.32 Å². The molecule has 0 spiro atoms. The monoisotopic (exact) mass is 404 g/mol. The van der Waals surface area contributed by atoms with Crippen molar-refractivity contribution in [1.29, 1.82) is 0 Å². The number of nitrogens with one attached hydrogen (secondary N) is 1. The Balaban J connectivity index is 1.78. The minimum atomic E-state index is -0.359. The van der Waals surface area contributed by atoms with E-state index in [1.807, 2.05) is 31.2 Å². The summed E-state index contributed by atoms with van der Waals surface area (Å²) in [5, 5.41) is 2.33. The molecule has 2 aromatic carbocycles. The predicted molar refractivity (Wildman–Crippen MR) is 111 cm³/mol. The largest absolute Gasteiger partial charge is 0.494 e. The standard InChI is InChI=1S/C21H25FN2O3S/c1-4-27-19-11-5-16(6-12-19)13-24(3)21(26)15(2)28-14-20(25)23-18-9-7-17(22)8-10-18/h5-12,15H,4,13-14H2,1-3H3,(H,23,25). The zero-order chi connectivity index (χ0) is 20.5. The van der Waals surface area contributed by atoms with Gasteiger partial charge in [-0.3, -0.25) is 9.59 Å². The third kappa shape index (κ3) is 6.88. The van der Waals surface area contributed by atoms with Crippen LogP contribution in [0.1, 0.15) is 19.4 Å². The summed E-state index contributed by atoms with van der Waals surface area (Å²) in [4.78, 5) is 26.2. The van der Waals surface area contributed by atoms with Crippen LogP contribution in [-0.2, 0) is 16.1 Å². The summed E-state index contributed by atoms with van der Waals surface area (Å²) >= 11 is 1.27. The van der Waals surface area contributed by atoms with Gasteiger partial charge in [0.25, 0.3) is 0 Å². The molecule has 0 radical (unpaired) electrons. The highest BCUT2D eigenvalue weighted by Crippen LogP contribution is 2.17. The number of carbonyl (C=O) groups is 2. The number of hydrogen-bond acceptors (Lipinski definition) is 4. The number of carbonyl (C=O) groups excluding carboxylic acids is 2. The van der Waals surface area contributed by atoms with Crippen molar-refractivity contribution in [3.8, 4) is 5.75 Å². The van der Waals surface area contributed by atoms with Crippen molar-refractivity contribution >= 4 is 29.3 Å². The van der Waals surface area contributed by atoms with Crippen LogP contribution in [0.4, 0.5) is 10.1 Å². The molecular formula is C21H25FN2O3S. The summed E-state index contributed by atoms with van der Waals surface area (Å²) < 4.78 is 18.3. The molecule has 0 fully saturated rings. The Kier molecular flexibility index (Phi) is 8.32. The Morgan fingerprint density at radius 3 is 2.39 bits per heavy atom. The van der Waals surface area contributed by atoms with Gasteiger partial charge in [-0.2, -0.15) is 0 Å². The SMILES string of the molecule is CCOc1ccc(CN(C)C(=O)C(C)SCC(=O)Nc2ccc(F)cc2)cc1. The molecule has 5 nitrogen and oxygen atoms in total. The van der Waals surface area contributed by atoms with E-state index in [0.29, 0.717) is 18.8 Å². The molecular weight excluding hydrogens is 379 g/mol. The van der Waals surface area contributed by atoms with Crippen LogP contribution in [0.15, 0.2) is 48.5 Å². The van der Waals surface area contributed by atoms with Crippen LogP contribution in [0.3, 0.4) is 0 Å². The van der Waals surface area contributed by atoms with Gasteiger partial charge in [-0.05, 0) is 55.8 Å². The zero-order valence-corrected chi connectivity index (χ0v) is 17.1. The van der Waals surface area contributed by atoms with Gasteiger partial charge in [-0.15, -0.1) is 11.8 Å². The molecule has 0 saturated carbocycles. The van der Waals surface area contributed by atoms with Gasteiger partial charge in [0.15, 0.2) is 0 Å². The first-order valence-corrected chi connectivity index (χ1v) is 10.1. The van der Waals surface area contributed by atoms with Crippen LogP contribution in [0.5, 0.6) is 5.75 Å². The van der Waals surface area contributed by atoms with Gasteiger partial charge in [-0.25, -0.2) is 4.39 Å². The number of benzene rings is 2. The number of amides is 2. The third-order valence-corrected chi connectivity index (χ3v) is 5.10. The van der Waals surface area contributed by atoms with Gasteiger partial charge in [0.05, 0.1) is 17.6 Å². The first-order valence-electron chi connectivity index (χ1n) is 9.02. The molecule has 0 aliphatic carbocycles. The predicted octanol–water partition coefficient (Wildman–Crippen LogP) is 3.94. The van der Waals surface area contributed by atoms with Crippen molar-refractivity contribution in [2.75, 3.05) is 24.7 Å². The topological polar surface area (TPSA) is 58.6 Å². The van der Waals surface area contributed by atoms with Gasteiger partial charge in [0, 0.05) is 19.3 Å². The molecule has 150 valence electrons. The number of anilines is 1. The Labute approximate surface area is 169 Å². The molecule has 1 unspecified atom stereocenters. The summed E-state index contributed by atoms with van der Waals surface area (Å²) in [6, 6.07) is 13.2. The molecule has 1 atom stereocenters. The van der Waals surface area contributed by atoms with Crippen molar-refractivity contribution in [3.63, 3.8) is 0 Å². The summed E-state index contributed by atoms with van der Waals surface area (Å²) in [5.74, 6) is 0.304. The van der Waals surface area contributed by atoms with Gasteiger partial charge in [0.1, 0.15) is 11.6 Å². The van der Waals surface area contributed by atoms with Crippen LogP contribution < -0.4 is 10.1 Å². The highest BCUT2D eigenvalue weighted by Gasteiger charge is 2.19. The van der Waals surface area contributed by atoms with Gasteiger partial charge >= 0.3 is 0 Å². The number of rotatable bonds is 9. The third-order valence-electron chi connectivity index (χ3n) is 3.97. The van der Waals surface area contributed by atoms with Crippen LogP contribution >= 0.6 is 11.8 Å². The maximum absolute atomic E-state index is 12.9. The van der Waals surface area contributed by atoms with Crippen molar-refractivity contribution in [3.05, 3.63) is 59.9 Å². The van der Waals surface area contributed by atoms with Gasteiger partial charge in [-0.1, -0.05) is 12.1 Å². The Morgan fingerprint density at radius 2 is 1.79 bits per heavy atom. The fourth-order valence-electron chi connectivity index (χ4n) is 2.52. The number of thioether (sulfide) groups is 1. The van der Waals surface area contributed by atoms with Crippen LogP contribution in [0, 0.1) is 5.82 Å². The molecule has 2 aromatic rings. The number of ether oxygens (including phenoxy) is 1. The maximum atomic E-state index is 12.9. The molecule has 1 N–H and O–H groups in total. The smallest absolute Gasteiger partial charge is 0.235 e. The Morgan fingerprint density at radius 1 is 1.14 bits per heavy atom. The molecule has 7 heteroatoms. The average Bonchev–Trinajstić information content (AvgIpc) is 2.69. The van der Waals surface area contributed by atoms with Crippen LogP contribution in [0.2, 0.25) is 0 Å². The normalized spacial score (nSPS) is 11.6. The van der Waals surface area contributed by atoms with Crippen LogP contribution in [-0.4, -0.2) is 41.4 Å². The average molecular weight is 405 g/mol. The fraction of sp³-hybridized carbons (Fsp3) is 0.333. The van der Waals surface area contributed by atoms with E-state index in [1.165, 1.54) is 36.0 Å². The van der Waals surface area contributed by atoms with Crippen molar-refractivity contribution in [2.45, 2.75) is 25.6 Å². The molecule has 28 heavy (non-hydrogen) atoms. The first kappa shape index (κ1) is 21.8. The second kappa shape index (κ2) is 10.7. The fourth-order valence-corrected chi connectivity index (χ4v) is 3.32.